The van der Waals surface area contributed by atoms with Crippen LogP contribution in [0.3, 0.4) is 0 Å². The molecule has 0 aromatic heterocycles. The number of rotatable bonds is 4. The van der Waals surface area contributed by atoms with Crippen molar-refractivity contribution in [1.82, 2.24) is 5.32 Å². The summed E-state index contributed by atoms with van der Waals surface area (Å²) < 4.78 is 26.3. The lowest BCUT2D eigenvalue weighted by Crippen LogP contribution is -2.27. The Morgan fingerprint density at radius 3 is 2.67 bits per heavy atom. The highest BCUT2D eigenvalue weighted by atomic mass is 19.2. The van der Waals surface area contributed by atoms with Gasteiger partial charge in [-0.2, -0.15) is 0 Å². The minimum absolute atomic E-state index is 0.00208. The maximum absolute atomic E-state index is 13.4. The summed E-state index contributed by atoms with van der Waals surface area (Å²) in [6, 6.07) is 3.82. The van der Waals surface area contributed by atoms with Crippen molar-refractivity contribution in [3.8, 4) is 0 Å². The van der Waals surface area contributed by atoms with Gasteiger partial charge in [-0.25, -0.2) is 8.78 Å². The normalized spacial score (nSPS) is 15.0. The van der Waals surface area contributed by atoms with E-state index >= 15 is 0 Å². The zero-order valence-electron chi connectivity index (χ0n) is 8.85. The molecular weight excluding hydrogens is 200 g/mol. The third kappa shape index (κ3) is 2.73. The SMILES string of the molecule is CNCCC(C)(O)c1cccc(F)c1F. The Balaban J connectivity index is 2.98. The first kappa shape index (κ1) is 12.1. The fourth-order valence-electron chi connectivity index (χ4n) is 1.42. The molecular formula is C11H15F2NO. The fourth-order valence-corrected chi connectivity index (χ4v) is 1.42. The van der Waals surface area contributed by atoms with Crippen LogP contribution in [0.25, 0.3) is 0 Å². The smallest absolute Gasteiger partial charge is 0.164 e. The van der Waals surface area contributed by atoms with Crippen molar-refractivity contribution in [3.63, 3.8) is 0 Å². The van der Waals surface area contributed by atoms with Crippen LogP contribution in [0.4, 0.5) is 8.78 Å². The van der Waals surface area contributed by atoms with Crippen molar-refractivity contribution in [2.75, 3.05) is 13.6 Å². The van der Waals surface area contributed by atoms with Crippen LogP contribution in [0.5, 0.6) is 0 Å². The molecule has 15 heavy (non-hydrogen) atoms. The first-order valence-corrected chi connectivity index (χ1v) is 4.80. The maximum Gasteiger partial charge on any atom is 0.164 e. The molecule has 84 valence electrons. The van der Waals surface area contributed by atoms with Gasteiger partial charge in [-0.15, -0.1) is 0 Å². The van der Waals surface area contributed by atoms with Gasteiger partial charge < -0.3 is 10.4 Å². The molecule has 0 heterocycles. The lowest BCUT2D eigenvalue weighted by atomic mass is 9.92. The van der Waals surface area contributed by atoms with Gasteiger partial charge in [0.15, 0.2) is 11.6 Å². The van der Waals surface area contributed by atoms with E-state index in [1.165, 1.54) is 19.1 Å². The van der Waals surface area contributed by atoms with Crippen molar-refractivity contribution >= 4 is 0 Å². The quantitative estimate of drug-likeness (QED) is 0.802. The molecule has 0 radical (unpaired) electrons. The monoisotopic (exact) mass is 215 g/mol. The standard InChI is InChI=1S/C11H15F2NO/c1-11(15,6-7-14-2)8-4-3-5-9(12)10(8)13/h3-5,14-15H,6-7H2,1-2H3. The van der Waals surface area contributed by atoms with Crippen LogP contribution in [-0.2, 0) is 5.60 Å². The Hall–Kier alpha value is -1.00. The summed E-state index contributed by atoms with van der Waals surface area (Å²) in [6.07, 6.45) is 0.323. The first-order chi connectivity index (χ1) is 6.99. The van der Waals surface area contributed by atoms with Gasteiger partial charge in [-0.05, 0) is 33.0 Å². The minimum Gasteiger partial charge on any atom is -0.385 e. The molecule has 0 amide bonds. The molecule has 0 saturated carbocycles. The molecule has 4 heteroatoms. The van der Waals surface area contributed by atoms with E-state index in [1.54, 1.807) is 7.05 Å². The Morgan fingerprint density at radius 2 is 2.07 bits per heavy atom. The lowest BCUT2D eigenvalue weighted by molar-refractivity contribution is 0.0441. The second-order valence-electron chi connectivity index (χ2n) is 3.73. The molecule has 0 spiro atoms. The van der Waals surface area contributed by atoms with Gasteiger partial charge in [0.25, 0.3) is 0 Å². The summed E-state index contributed by atoms with van der Waals surface area (Å²) in [4.78, 5) is 0. The molecule has 0 bridgehead atoms. The molecule has 0 saturated heterocycles. The van der Waals surface area contributed by atoms with E-state index in [2.05, 4.69) is 5.32 Å². The molecule has 0 fully saturated rings. The third-order valence-corrected chi connectivity index (χ3v) is 2.39. The number of nitrogens with one attached hydrogen (secondary N) is 1. The van der Waals surface area contributed by atoms with Crippen molar-refractivity contribution in [1.29, 1.82) is 0 Å². The Kier molecular flexibility index (Phi) is 3.77. The molecule has 2 nitrogen and oxygen atoms in total. The molecule has 0 aliphatic rings. The van der Waals surface area contributed by atoms with Crippen LogP contribution >= 0.6 is 0 Å². The van der Waals surface area contributed by atoms with Gasteiger partial charge in [-0.3, -0.25) is 0 Å². The van der Waals surface area contributed by atoms with Gasteiger partial charge in [0.2, 0.25) is 0 Å². The van der Waals surface area contributed by atoms with Crippen LogP contribution in [0.2, 0.25) is 0 Å². The lowest BCUT2D eigenvalue weighted by Gasteiger charge is -2.24. The summed E-state index contributed by atoms with van der Waals surface area (Å²) in [5, 5.41) is 12.8. The molecule has 1 aromatic carbocycles. The predicted octanol–water partition coefficient (Wildman–Crippen LogP) is 1.78. The zero-order valence-corrected chi connectivity index (χ0v) is 8.85. The second kappa shape index (κ2) is 4.68. The highest BCUT2D eigenvalue weighted by Crippen LogP contribution is 2.27. The molecule has 1 aromatic rings. The molecule has 2 N–H and O–H groups in total. The minimum atomic E-state index is -1.35. The molecule has 1 atom stereocenters. The van der Waals surface area contributed by atoms with Crippen molar-refractivity contribution in [2.45, 2.75) is 18.9 Å². The zero-order chi connectivity index (χ0) is 11.5. The topological polar surface area (TPSA) is 32.3 Å². The van der Waals surface area contributed by atoms with Crippen LogP contribution < -0.4 is 5.32 Å². The summed E-state index contributed by atoms with van der Waals surface area (Å²) in [5.74, 6) is -1.91. The van der Waals surface area contributed by atoms with E-state index in [-0.39, 0.29) is 5.56 Å². The largest absolute Gasteiger partial charge is 0.385 e. The van der Waals surface area contributed by atoms with Gasteiger partial charge in [0.05, 0.1) is 5.60 Å². The maximum atomic E-state index is 13.4. The summed E-state index contributed by atoms with van der Waals surface area (Å²) in [7, 11) is 1.73. The fraction of sp³-hybridized carbons (Fsp3) is 0.455. The molecule has 1 rings (SSSR count). The highest BCUT2D eigenvalue weighted by molar-refractivity contribution is 5.24. The van der Waals surface area contributed by atoms with Gasteiger partial charge >= 0.3 is 0 Å². The van der Waals surface area contributed by atoms with Crippen LogP contribution in [0.15, 0.2) is 18.2 Å². The first-order valence-electron chi connectivity index (χ1n) is 4.80. The van der Waals surface area contributed by atoms with E-state index in [0.717, 1.165) is 6.07 Å². The summed E-state index contributed by atoms with van der Waals surface area (Å²) >= 11 is 0. The van der Waals surface area contributed by atoms with E-state index in [9.17, 15) is 13.9 Å². The van der Waals surface area contributed by atoms with E-state index < -0.39 is 17.2 Å². The third-order valence-electron chi connectivity index (χ3n) is 2.39. The molecule has 1 unspecified atom stereocenters. The number of hydrogen-bond acceptors (Lipinski definition) is 2. The average molecular weight is 215 g/mol. The van der Waals surface area contributed by atoms with E-state index in [0.29, 0.717) is 13.0 Å². The Morgan fingerprint density at radius 1 is 1.40 bits per heavy atom. The predicted molar refractivity (Wildman–Crippen MR) is 54.5 cm³/mol. The molecule has 0 aliphatic carbocycles. The average Bonchev–Trinajstić information content (AvgIpc) is 2.19. The second-order valence-corrected chi connectivity index (χ2v) is 3.73. The van der Waals surface area contributed by atoms with Crippen molar-refractivity contribution in [3.05, 3.63) is 35.4 Å². The van der Waals surface area contributed by atoms with Crippen molar-refractivity contribution < 1.29 is 13.9 Å². The molecule has 0 aliphatic heterocycles. The van der Waals surface area contributed by atoms with E-state index in [1.807, 2.05) is 0 Å². The number of hydrogen-bond donors (Lipinski definition) is 2. The van der Waals surface area contributed by atoms with Crippen LogP contribution in [-0.4, -0.2) is 18.7 Å². The highest BCUT2D eigenvalue weighted by Gasteiger charge is 2.27. The number of benzene rings is 1. The van der Waals surface area contributed by atoms with Gasteiger partial charge in [0, 0.05) is 5.56 Å². The Bertz CT molecular complexity index is 339. The van der Waals surface area contributed by atoms with Gasteiger partial charge in [0.1, 0.15) is 0 Å². The van der Waals surface area contributed by atoms with Crippen LogP contribution in [0, 0.1) is 11.6 Å². The summed E-state index contributed by atoms with van der Waals surface area (Å²) in [5.41, 5.74) is -1.35. The number of halogens is 2. The number of aliphatic hydroxyl groups is 1. The van der Waals surface area contributed by atoms with E-state index in [4.69, 9.17) is 0 Å². The van der Waals surface area contributed by atoms with Crippen LogP contribution in [0.1, 0.15) is 18.9 Å². The van der Waals surface area contributed by atoms with Gasteiger partial charge in [-0.1, -0.05) is 12.1 Å². The van der Waals surface area contributed by atoms with Crippen molar-refractivity contribution in [2.24, 2.45) is 0 Å². The summed E-state index contributed by atoms with van der Waals surface area (Å²) in [6.45, 7) is 2.01. The Labute approximate surface area is 87.9 Å².